The summed E-state index contributed by atoms with van der Waals surface area (Å²) >= 11 is 0. The molecule has 1 amide bonds. The first-order valence-electron chi connectivity index (χ1n) is 6.32. The molecule has 0 aromatic rings. The van der Waals surface area contributed by atoms with Gasteiger partial charge in [0, 0.05) is 19.5 Å². The predicted octanol–water partition coefficient (Wildman–Crippen LogP) is 0.751. The minimum absolute atomic E-state index is 0.0292. The molecule has 2 rings (SSSR count). The number of nitrogens with zero attached hydrogens (tertiary/aromatic N) is 1. The lowest BCUT2D eigenvalue weighted by Gasteiger charge is -2.39. The number of morpholine rings is 1. The Balaban J connectivity index is 1.86. The van der Waals surface area contributed by atoms with Gasteiger partial charge in [0.05, 0.1) is 18.8 Å². The largest absolute Gasteiger partial charge is 0.373 e. The highest BCUT2D eigenvalue weighted by molar-refractivity contribution is 5.77. The molecule has 0 spiro atoms. The number of ether oxygens (including phenoxy) is 1. The molecule has 0 aromatic heterocycles. The summed E-state index contributed by atoms with van der Waals surface area (Å²) in [5, 5.41) is 0. The predicted molar refractivity (Wildman–Crippen MR) is 61.9 cm³/mol. The molecule has 1 saturated heterocycles. The topological polar surface area (TPSA) is 55.6 Å². The van der Waals surface area contributed by atoms with E-state index in [1.807, 2.05) is 11.8 Å². The van der Waals surface area contributed by atoms with Gasteiger partial charge < -0.3 is 15.4 Å². The first kappa shape index (κ1) is 11.9. The van der Waals surface area contributed by atoms with E-state index in [4.69, 9.17) is 10.5 Å². The van der Waals surface area contributed by atoms with Gasteiger partial charge in [-0.05, 0) is 25.7 Å². The summed E-state index contributed by atoms with van der Waals surface area (Å²) in [5.41, 5.74) is 5.59. The van der Waals surface area contributed by atoms with Crippen molar-refractivity contribution in [2.24, 2.45) is 11.7 Å². The summed E-state index contributed by atoms with van der Waals surface area (Å²) in [5.74, 6) is 0.929. The summed E-state index contributed by atoms with van der Waals surface area (Å²) < 4.78 is 5.55. The molecule has 2 aliphatic rings. The van der Waals surface area contributed by atoms with Gasteiger partial charge in [0.1, 0.15) is 0 Å². The number of carbonyl (C=O) groups excluding carboxylic acids is 1. The van der Waals surface area contributed by atoms with Crippen molar-refractivity contribution in [3.8, 4) is 0 Å². The number of carbonyl (C=O) groups is 1. The minimum atomic E-state index is 0.0292. The van der Waals surface area contributed by atoms with Gasteiger partial charge in [0.25, 0.3) is 0 Å². The van der Waals surface area contributed by atoms with Gasteiger partial charge in [-0.2, -0.15) is 0 Å². The van der Waals surface area contributed by atoms with Crippen LogP contribution < -0.4 is 5.73 Å². The summed E-state index contributed by atoms with van der Waals surface area (Å²) in [6.07, 6.45) is 4.50. The molecule has 2 N–H and O–H groups in total. The van der Waals surface area contributed by atoms with Crippen LogP contribution in [0, 0.1) is 5.92 Å². The van der Waals surface area contributed by atoms with E-state index in [-0.39, 0.29) is 12.1 Å². The van der Waals surface area contributed by atoms with Gasteiger partial charge in [0.2, 0.25) is 5.91 Å². The lowest BCUT2D eigenvalue weighted by Crippen LogP contribution is -2.53. The van der Waals surface area contributed by atoms with Crippen LogP contribution in [-0.4, -0.2) is 42.6 Å². The van der Waals surface area contributed by atoms with E-state index in [1.165, 1.54) is 19.3 Å². The first-order chi connectivity index (χ1) is 7.70. The van der Waals surface area contributed by atoms with Crippen LogP contribution >= 0.6 is 0 Å². The van der Waals surface area contributed by atoms with Crippen molar-refractivity contribution in [1.29, 1.82) is 0 Å². The fourth-order valence-electron chi connectivity index (χ4n) is 2.37. The zero-order chi connectivity index (χ0) is 11.5. The van der Waals surface area contributed by atoms with Crippen molar-refractivity contribution in [2.45, 2.75) is 44.8 Å². The molecule has 0 aromatic carbocycles. The molecular weight excluding hydrogens is 204 g/mol. The zero-order valence-corrected chi connectivity index (χ0v) is 10.0. The smallest absolute Gasteiger partial charge is 0.223 e. The van der Waals surface area contributed by atoms with Crippen molar-refractivity contribution >= 4 is 5.91 Å². The maximum absolute atomic E-state index is 12.1. The highest BCUT2D eigenvalue weighted by Crippen LogP contribution is 2.30. The van der Waals surface area contributed by atoms with Gasteiger partial charge in [-0.1, -0.05) is 6.42 Å². The van der Waals surface area contributed by atoms with E-state index in [2.05, 4.69) is 0 Å². The fourth-order valence-corrected chi connectivity index (χ4v) is 2.37. The monoisotopic (exact) mass is 226 g/mol. The molecular formula is C12H22N2O2. The Bertz CT molecular complexity index is 253. The Labute approximate surface area is 97.1 Å². The van der Waals surface area contributed by atoms with E-state index < -0.39 is 0 Å². The number of rotatable bonds is 3. The second-order valence-electron chi connectivity index (χ2n) is 5.09. The maximum atomic E-state index is 12.1. The highest BCUT2D eigenvalue weighted by atomic mass is 16.5. The normalized spacial score (nSPS) is 31.2. The van der Waals surface area contributed by atoms with Gasteiger partial charge in [0.15, 0.2) is 0 Å². The SMILES string of the molecule is CC1COC(CN)CN1C(=O)CC1CCC1. The molecule has 4 nitrogen and oxygen atoms in total. The molecule has 1 aliphatic heterocycles. The van der Waals surface area contributed by atoms with Gasteiger partial charge in [-0.3, -0.25) is 4.79 Å². The number of hydrogen-bond donors (Lipinski definition) is 1. The van der Waals surface area contributed by atoms with Crippen LogP contribution in [0.1, 0.15) is 32.6 Å². The summed E-state index contributed by atoms with van der Waals surface area (Å²) in [7, 11) is 0. The third-order valence-corrected chi connectivity index (χ3v) is 3.78. The van der Waals surface area contributed by atoms with Crippen LogP contribution in [0.3, 0.4) is 0 Å². The average molecular weight is 226 g/mol. The minimum Gasteiger partial charge on any atom is -0.373 e. The third-order valence-electron chi connectivity index (χ3n) is 3.78. The Morgan fingerprint density at radius 2 is 2.25 bits per heavy atom. The van der Waals surface area contributed by atoms with Crippen molar-refractivity contribution in [1.82, 2.24) is 4.90 Å². The summed E-state index contributed by atoms with van der Waals surface area (Å²) in [6, 6.07) is 0.204. The van der Waals surface area contributed by atoms with Gasteiger partial charge in [-0.25, -0.2) is 0 Å². The maximum Gasteiger partial charge on any atom is 0.223 e. The first-order valence-corrected chi connectivity index (χ1v) is 6.32. The molecule has 2 fully saturated rings. The van der Waals surface area contributed by atoms with Crippen LogP contribution in [0.15, 0.2) is 0 Å². The Hall–Kier alpha value is -0.610. The summed E-state index contributed by atoms with van der Waals surface area (Å²) in [6.45, 7) is 3.84. The van der Waals surface area contributed by atoms with E-state index in [0.29, 0.717) is 31.5 Å². The van der Waals surface area contributed by atoms with Crippen molar-refractivity contribution in [3.05, 3.63) is 0 Å². The third kappa shape index (κ3) is 2.55. The van der Waals surface area contributed by atoms with Crippen LogP contribution in [0.25, 0.3) is 0 Å². The molecule has 1 saturated carbocycles. The molecule has 1 heterocycles. The van der Waals surface area contributed by atoms with Crippen LogP contribution in [0.2, 0.25) is 0 Å². The van der Waals surface area contributed by atoms with Gasteiger partial charge >= 0.3 is 0 Å². The second-order valence-corrected chi connectivity index (χ2v) is 5.09. The fraction of sp³-hybridized carbons (Fsp3) is 0.917. The Morgan fingerprint density at radius 1 is 1.50 bits per heavy atom. The lowest BCUT2D eigenvalue weighted by atomic mass is 9.82. The molecule has 0 bridgehead atoms. The summed E-state index contributed by atoms with van der Waals surface area (Å²) in [4.78, 5) is 14.1. The number of nitrogens with two attached hydrogens (primary N) is 1. The standard InChI is InChI=1S/C12H22N2O2/c1-9-8-16-11(6-13)7-14(9)12(15)5-10-3-2-4-10/h9-11H,2-8,13H2,1H3. The second kappa shape index (κ2) is 5.15. The number of amides is 1. The molecule has 4 heteroatoms. The van der Waals surface area contributed by atoms with E-state index in [0.717, 1.165) is 6.42 Å². The van der Waals surface area contributed by atoms with Crippen LogP contribution in [0.4, 0.5) is 0 Å². The zero-order valence-electron chi connectivity index (χ0n) is 10.0. The van der Waals surface area contributed by atoms with Crippen molar-refractivity contribution in [2.75, 3.05) is 19.7 Å². The Morgan fingerprint density at radius 3 is 2.81 bits per heavy atom. The molecule has 1 aliphatic carbocycles. The highest BCUT2D eigenvalue weighted by Gasteiger charge is 2.31. The van der Waals surface area contributed by atoms with Crippen molar-refractivity contribution in [3.63, 3.8) is 0 Å². The number of hydrogen-bond acceptors (Lipinski definition) is 3. The lowest BCUT2D eigenvalue weighted by molar-refractivity contribution is -0.145. The van der Waals surface area contributed by atoms with Crippen LogP contribution in [0.5, 0.6) is 0 Å². The van der Waals surface area contributed by atoms with Crippen molar-refractivity contribution < 1.29 is 9.53 Å². The molecule has 2 unspecified atom stereocenters. The molecule has 0 radical (unpaired) electrons. The van der Waals surface area contributed by atoms with Gasteiger partial charge in [-0.15, -0.1) is 0 Å². The van der Waals surface area contributed by atoms with E-state index in [1.54, 1.807) is 0 Å². The van der Waals surface area contributed by atoms with E-state index in [9.17, 15) is 4.79 Å². The Kier molecular flexibility index (Phi) is 3.82. The molecule has 92 valence electrons. The average Bonchev–Trinajstić information content (AvgIpc) is 2.24. The molecule has 16 heavy (non-hydrogen) atoms. The van der Waals surface area contributed by atoms with Crippen LogP contribution in [-0.2, 0) is 9.53 Å². The van der Waals surface area contributed by atoms with E-state index >= 15 is 0 Å². The molecule has 2 atom stereocenters. The quantitative estimate of drug-likeness (QED) is 0.772.